The minimum absolute atomic E-state index is 0.109. The summed E-state index contributed by atoms with van der Waals surface area (Å²) >= 11 is 0. The molecule has 32 heavy (non-hydrogen) atoms. The van der Waals surface area contributed by atoms with Crippen molar-refractivity contribution in [2.45, 2.75) is 0 Å². The van der Waals surface area contributed by atoms with Crippen molar-refractivity contribution in [3.8, 4) is 11.3 Å². The molecule has 0 bridgehead atoms. The van der Waals surface area contributed by atoms with Gasteiger partial charge < -0.3 is 14.3 Å². The van der Waals surface area contributed by atoms with Crippen LogP contribution in [-0.2, 0) is 14.3 Å². The zero-order chi connectivity index (χ0) is 22.8. The molecule has 0 saturated carbocycles. The number of esters is 1. The second-order valence-electron chi connectivity index (χ2n) is 6.77. The first-order chi connectivity index (χ1) is 15.4. The summed E-state index contributed by atoms with van der Waals surface area (Å²) in [6, 6.07) is 15.4. The number of amides is 2. The Morgan fingerprint density at radius 1 is 1.03 bits per heavy atom. The van der Waals surface area contributed by atoms with Crippen LogP contribution in [0, 0.1) is 0 Å². The van der Waals surface area contributed by atoms with E-state index < -0.39 is 23.8 Å². The van der Waals surface area contributed by atoms with Crippen LogP contribution in [0.5, 0.6) is 0 Å². The molecule has 1 aliphatic heterocycles. The third-order valence-electron chi connectivity index (χ3n) is 4.75. The first-order valence-corrected chi connectivity index (χ1v) is 9.36. The fourth-order valence-corrected chi connectivity index (χ4v) is 3.14. The minimum atomic E-state index is -1.06. The van der Waals surface area contributed by atoms with Gasteiger partial charge in [-0.25, -0.2) is 14.6 Å². The molecule has 0 radical (unpaired) electrons. The van der Waals surface area contributed by atoms with Gasteiger partial charge in [0.2, 0.25) is 0 Å². The molecule has 160 valence electrons. The average Bonchev–Trinajstić information content (AvgIpc) is 3.39. The van der Waals surface area contributed by atoms with Gasteiger partial charge in [0.15, 0.2) is 0 Å². The van der Waals surface area contributed by atoms with E-state index in [-0.39, 0.29) is 16.9 Å². The lowest BCUT2D eigenvalue weighted by molar-refractivity contribution is -0.117. The fourth-order valence-electron chi connectivity index (χ4n) is 3.14. The lowest BCUT2D eigenvalue weighted by atomic mass is 10.1. The third-order valence-corrected chi connectivity index (χ3v) is 4.75. The van der Waals surface area contributed by atoms with Gasteiger partial charge in [0, 0.05) is 5.56 Å². The van der Waals surface area contributed by atoms with Crippen molar-refractivity contribution in [1.29, 1.82) is 0 Å². The van der Waals surface area contributed by atoms with E-state index >= 15 is 0 Å². The molecule has 2 heterocycles. The predicted molar refractivity (Wildman–Crippen MR) is 112 cm³/mol. The van der Waals surface area contributed by atoms with Crippen LogP contribution in [0.4, 0.5) is 5.69 Å². The van der Waals surface area contributed by atoms with Crippen LogP contribution >= 0.6 is 0 Å². The molecule has 1 aromatic heterocycles. The highest BCUT2D eigenvalue weighted by Gasteiger charge is 2.34. The number of carbonyl (C=O) groups is 4. The van der Waals surface area contributed by atoms with Crippen molar-refractivity contribution in [3.05, 3.63) is 83.1 Å². The highest BCUT2D eigenvalue weighted by atomic mass is 16.5. The second-order valence-corrected chi connectivity index (χ2v) is 6.77. The molecular weight excluding hydrogens is 416 g/mol. The maximum Gasteiger partial charge on any atom is 0.337 e. The molecule has 1 aliphatic rings. The van der Waals surface area contributed by atoms with E-state index in [4.69, 9.17) is 9.52 Å². The van der Waals surface area contributed by atoms with Gasteiger partial charge in [0.25, 0.3) is 11.8 Å². The summed E-state index contributed by atoms with van der Waals surface area (Å²) in [6.45, 7) is 0. The monoisotopic (exact) mass is 432 g/mol. The van der Waals surface area contributed by atoms with Crippen molar-refractivity contribution in [2.24, 2.45) is 0 Å². The number of ether oxygens (including phenoxy) is 1. The van der Waals surface area contributed by atoms with E-state index in [0.29, 0.717) is 22.6 Å². The summed E-state index contributed by atoms with van der Waals surface area (Å²) in [5, 5.41) is 10.2. The summed E-state index contributed by atoms with van der Waals surface area (Å²) in [5.74, 6) is -2.14. The zero-order valence-electron chi connectivity index (χ0n) is 16.7. The summed E-state index contributed by atoms with van der Waals surface area (Å²) in [7, 11) is 1.26. The Morgan fingerprint density at radius 2 is 1.78 bits per heavy atom. The van der Waals surface area contributed by atoms with Crippen molar-refractivity contribution < 1.29 is 33.4 Å². The zero-order valence-corrected chi connectivity index (χ0v) is 16.7. The Hall–Kier alpha value is -4.66. The molecule has 9 heteroatoms. The lowest BCUT2D eigenvalue weighted by Gasteiger charge is -2.14. The molecule has 1 fully saturated rings. The number of methoxy groups -OCH3 is 1. The summed E-state index contributed by atoms with van der Waals surface area (Å²) < 4.78 is 10.3. The second kappa shape index (κ2) is 8.23. The van der Waals surface area contributed by atoms with Crippen LogP contribution in [-0.4, -0.2) is 36.0 Å². The van der Waals surface area contributed by atoms with E-state index in [1.165, 1.54) is 49.6 Å². The Bertz CT molecular complexity index is 1270. The molecule has 2 aromatic carbocycles. The van der Waals surface area contributed by atoms with Gasteiger partial charge in [-0.3, -0.25) is 15.0 Å². The minimum Gasteiger partial charge on any atom is -0.478 e. The van der Waals surface area contributed by atoms with E-state index in [9.17, 15) is 19.2 Å². The largest absolute Gasteiger partial charge is 0.478 e. The Balaban J connectivity index is 1.57. The lowest BCUT2D eigenvalue weighted by Crippen LogP contribution is -2.35. The van der Waals surface area contributed by atoms with Crippen LogP contribution in [0.3, 0.4) is 0 Å². The summed E-state index contributed by atoms with van der Waals surface area (Å²) in [4.78, 5) is 47.8. The highest BCUT2D eigenvalue weighted by Crippen LogP contribution is 2.26. The van der Waals surface area contributed by atoms with Gasteiger partial charge in [0.1, 0.15) is 17.1 Å². The number of hydrogen-bond donors (Lipinski definition) is 2. The normalized spacial score (nSPS) is 14.5. The number of furan rings is 1. The molecule has 0 spiro atoms. The van der Waals surface area contributed by atoms with Crippen LogP contribution in [0.15, 0.2) is 70.7 Å². The number of nitrogens with zero attached hydrogens (tertiary/aromatic N) is 1. The van der Waals surface area contributed by atoms with Gasteiger partial charge >= 0.3 is 11.9 Å². The van der Waals surface area contributed by atoms with Crippen LogP contribution in [0.2, 0.25) is 0 Å². The summed E-state index contributed by atoms with van der Waals surface area (Å²) in [5.41, 5.74) is 3.65. The van der Waals surface area contributed by atoms with Gasteiger partial charge in [-0.1, -0.05) is 12.1 Å². The van der Waals surface area contributed by atoms with E-state index in [1.54, 1.807) is 24.3 Å². The Kier molecular flexibility index (Phi) is 5.30. The molecule has 0 unspecified atom stereocenters. The number of carboxylic acids is 1. The standard InChI is InChI=1S/C23H16N2O7/c1-31-23(30)13-5-7-16(8-6-13)25-21(27)18(20(26)24-25)12-17-9-10-19(32-17)14-3-2-4-15(11-14)22(28)29/h2-12H,1H3,(H,24,26)(H,28,29)/b18-12+. The number of anilines is 1. The fraction of sp³-hybridized carbons (Fsp3) is 0.0435. The van der Waals surface area contributed by atoms with Crippen LogP contribution in [0.1, 0.15) is 26.5 Å². The van der Waals surface area contributed by atoms with E-state index in [0.717, 1.165) is 5.01 Å². The third kappa shape index (κ3) is 3.86. The summed E-state index contributed by atoms with van der Waals surface area (Å²) in [6.07, 6.45) is 1.31. The van der Waals surface area contributed by atoms with Gasteiger partial charge in [-0.05, 0) is 54.6 Å². The number of aromatic carboxylic acids is 1. The number of hydrogen-bond acceptors (Lipinski definition) is 6. The van der Waals surface area contributed by atoms with Crippen molar-refractivity contribution in [3.63, 3.8) is 0 Å². The Morgan fingerprint density at radius 3 is 2.47 bits per heavy atom. The number of benzene rings is 2. The first kappa shape index (κ1) is 20.6. The molecule has 3 aromatic rings. The van der Waals surface area contributed by atoms with Crippen LogP contribution in [0.25, 0.3) is 17.4 Å². The maximum absolute atomic E-state index is 12.8. The Labute approximate surface area is 181 Å². The van der Waals surface area contributed by atoms with Crippen LogP contribution < -0.4 is 10.4 Å². The maximum atomic E-state index is 12.8. The number of hydrazine groups is 1. The molecule has 2 amide bonds. The predicted octanol–water partition coefficient (Wildman–Crippen LogP) is 2.89. The SMILES string of the molecule is COC(=O)c1ccc(N2NC(=O)/C(=C\c3ccc(-c4cccc(C(=O)O)c4)o3)C2=O)cc1. The van der Waals surface area contributed by atoms with E-state index in [1.807, 2.05) is 0 Å². The molecule has 9 nitrogen and oxygen atoms in total. The van der Waals surface area contributed by atoms with Gasteiger partial charge in [0.05, 0.1) is 23.9 Å². The van der Waals surface area contributed by atoms with Gasteiger partial charge in [-0.2, -0.15) is 0 Å². The van der Waals surface area contributed by atoms with Crippen molar-refractivity contribution >= 4 is 35.5 Å². The number of rotatable bonds is 5. The van der Waals surface area contributed by atoms with Gasteiger partial charge in [-0.15, -0.1) is 0 Å². The number of carboxylic acid groups (broad SMARTS) is 1. The molecule has 4 rings (SSSR count). The molecular formula is C23H16N2O7. The van der Waals surface area contributed by atoms with E-state index in [2.05, 4.69) is 10.2 Å². The molecule has 1 saturated heterocycles. The highest BCUT2D eigenvalue weighted by molar-refractivity contribution is 6.31. The molecule has 2 N–H and O–H groups in total. The smallest absolute Gasteiger partial charge is 0.337 e. The van der Waals surface area contributed by atoms with Crippen molar-refractivity contribution in [1.82, 2.24) is 5.43 Å². The first-order valence-electron chi connectivity index (χ1n) is 9.36. The van der Waals surface area contributed by atoms with Crippen molar-refractivity contribution in [2.75, 3.05) is 12.1 Å². The number of carbonyl (C=O) groups excluding carboxylic acids is 3. The topological polar surface area (TPSA) is 126 Å². The molecule has 0 aliphatic carbocycles. The molecule has 0 atom stereocenters. The number of nitrogens with one attached hydrogen (secondary N) is 1. The average molecular weight is 432 g/mol. The quantitative estimate of drug-likeness (QED) is 0.361.